The maximum atomic E-state index is 12.8. The Morgan fingerprint density at radius 3 is 2.48 bits per heavy atom. The fourth-order valence-electron chi connectivity index (χ4n) is 3.28. The zero-order valence-electron chi connectivity index (χ0n) is 16.6. The van der Waals surface area contributed by atoms with Crippen LogP contribution >= 0.6 is 24.0 Å². The lowest BCUT2D eigenvalue weighted by Crippen LogP contribution is -2.50. The van der Waals surface area contributed by atoms with Crippen molar-refractivity contribution < 1.29 is 9.59 Å². The third-order valence-corrected chi connectivity index (χ3v) is 5.51. The standard InChI is InChI=1S/C22H26ClN3O2.ClH/c1-3-14(2)20(26-21(27)16-6-8-19(23)9-7-16)22(28)25-11-15-4-5-17-12-24-13-18(17)10-15;/h4-10,14,20,24H,3,11-13H2,1-2H3,(H,25,28)(H,26,27);1H. The van der Waals surface area contributed by atoms with Crippen molar-refractivity contribution in [1.82, 2.24) is 16.0 Å². The lowest BCUT2D eigenvalue weighted by Gasteiger charge is -2.23. The smallest absolute Gasteiger partial charge is 0.251 e. The highest BCUT2D eigenvalue weighted by Gasteiger charge is 2.26. The van der Waals surface area contributed by atoms with Gasteiger partial charge in [-0.15, -0.1) is 12.4 Å². The first-order chi connectivity index (χ1) is 13.5. The van der Waals surface area contributed by atoms with E-state index in [-0.39, 0.29) is 30.1 Å². The first-order valence-corrected chi connectivity index (χ1v) is 10.0. The predicted octanol–water partition coefficient (Wildman–Crippen LogP) is 3.83. The van der Waals surface area contributed by atoms with Gasteiger partial charge in [-0.05, 0) is 46.9 Å². The van der Waals surface area contributed by atoms with Gasteiger partial charge in [0.1, 0.15) is 6.04 Å². The Labute approximate surface area is 183 Å². The van der Waals surface area contributed by atoms with Crippen molar-refractivity contribution in [3.8, 4) is 0 Å². The minimum absolute atomic E-state index is 0. The Morgan fingerprint density at radius 1 is 1.10 bits per heavy atom. The SMILES string of the molecule is CCC(C)C(NC(=O)c1ccc(Cl)cc1)C(=O)NCc1ccc2c(c1)CNC2.Cl. The quantitative estimate of drug-likeness (QED) is 0.618. The molecule has 29 heavy (non-hydrogen) atoms. The summed E-state index contributed by atoms with van der Waals surface area (Å²) in [5.41, 5.74) is 4.13. The van der Waals surface area contributed by atoms with Crippen LogP contribution in [0.4, 0.5) is 0 Å². The summed E-state index contributed by atoms with van der Waals surface area (Å²) in [6.45, 7) is 6.18. The second-order valence-electron chi connectivity index (χ2n) is 7.27. The number of carbonyl (C=O) groups excluding carboxylic acids is 2. The van der Waals surface area contributed by atoms with E-state index < -0.39 is 6.04 Å². The summed E-state index contributed by atoms with van der Waals surface area (Å²) in [5, 5.41) is 9.74. The third kappa shape index (κ3) is 5.95. The van der Waals surface area contributed by atoms with Crippen molar-refractivity contribution in [3.63, 3.8) is 0 Å². The van der Waals surface area contributed by atoms with E-state index in [4.69, 9.17) is 11.6 Å². The number of hydrogen-bond donors (Lipinski definition) is 3. The van der Waals surface area contributed by atoms with Gasteiger partial charge in [0.15, 0.2) is 0 Å². The summed E-state index contributed by atoms with van der Waals surface area (Å²) < 4.78 is 0. The van der Waals surface area contributed by atoms with E-state index in [0.29, 0.717) is 17.1 Å². The van der Waals surface area contributed by atoms with Crippen LogP contribution in [-0.4, -0.2) is 17.9 Å². The Balaban J connectivity index is 0.00000300. The number of hydrogen-bond acceptors (Lipinski definition) is 3. The highest BCUT2D eigenvalue weighted by molar-refractivity contribution is 6.30. The van der Waals surface area contributed by atoms with Gasteiger partial charge in [0.25, 0.3) is 5.91 Å². The molecule has 2 aromatic rings. The second kappa shape index (κ2) is 10.6. The average molecular weight is 436 g/mol. The maximum Gasteiger partial charge on any atom is 0.251 e. The van der Waals surface area contributed by atoms with Crippen LogP contribution in [0.1, 0.15) is 47.3 Å². The number of halogens is 2. The fraction of sp³-hybridized carbons (Fsp3) is 0.364. The van der Waals surface area contributed by atoms with Crippen molar-refractivity contribution >= 4 is 35.8 Å². The first-order valence-electron chi connectivity index (χ1n) is 9.63. The van der Waals surface area contributed by atoms with E-state index in [0.717, 1.165) is 25.1 Å². The highest BCUT2D eigenvalue weighted by atomic mass is 35.5. The summed E-state index contributed by atoms with van der Waals surface area (Å²) in [6.07, 6.45) is 0.781. The Hall–Kier alpha value is -2.08. The van der Waals surface area contributed by atoms with Crippen LogP contribution in [0.3, 0.4) is 0 Å². The molecule has 3 rings (SSSR count). The molecule has 0 bridgehead atoms. The molecule has 0 aliphatic carbocycles. The van der Waals surface area contributed by atoms with E-state index >= 15 is 0 Å². The average Bonchev–Trinajstić information content (AvgIpc) is 3.17. The van der Waals surface area contributed by atoms with Crippen molar-refractivity contribution in [1.29, 1.82) is 0 Å². The number of benzene rings is 2. The largest absolute Gasteiger partial charge is 0.350 e. The van der Waals surface area contributed by atoms with Gasteiger partial charge in [0.05, 0.1) is 0 Å². The maximum absolute atomic E-state index is 12.8. The van der Waals surface area contributed by atoms with Gasteiger partial charge in [-0.2, -0.15) is 0 Å². The molecule has 0 saturated carbocycles. The molecule has 156 valence electrons. The third-order valence-electron chi connectivity index (χ3n) is 5.26. The monoisotopic (exact) mass is 435 g/mol. The predicted molar refractivity (Wildman–Crippen MR) is 118 cm³/mol. The minimum Gasteiger partial charge on any atom is -0.350 e. The molecule has 0 saturated heterocycles. The van der Waals surface area contributed by atoms with E-state index in [1.54, 1.807) is 24.3 Å². The topological polar surface area (TPSA) is 70.2 Å². The van der Waals surface area contributed by atoms with Crippen LogP contribution < -0.4 is 16.0 Å². The molecule has 0 radical (unpaired) electrons. The summed E-state index contributed by atoms with van der Waals surface area (Å²) >= 11 is 5.88. The molecular formula is C22H27Cl2N3O2. The van der Waals surface area contributed by atoms with Crippen LogP contribution in [0.5, 0.6) is 0 Å². The van der Waals surface area contributed by atoms with Gasteiger partial charge in [-0.1, -0.05) is 50.1 Å². The van der Waals surface area contributed by atoms with Crippen molar-refractivity contribution in [2.75, 3.05) is 0 Å². The molecule has 2 atom stereocenters. The summed E-state index contributed by atoms with van der Waals surface area (Å²) in [4.78, 5) is 25.4. The zero-order chi connectivity index (χ0) is 20.1. The van der Waals surface area contributed by atoms with Crippen LogP contribution in [0.2, 0.25) is 5.02 Å². The molecule has 1 heterocycles. The summed E-state index contributed by atoms with van der Waals surface area (Å²) in [7, 11) is 0. The van der Waals surface area contributed by atoms with Gasteiger partial charge in [-0.25, -0.2) is 0 Å². The molecule has 1 aliphatic heterocycles. The summed E-state index contributed by atoms with van der Waals surface area (Å²) in [6, 6.07) is 12.3. The van der Waals surface area contributed by atoms with Crippen molar-refractivity contribution in [3.05, 3.63) is 69.7 Å². The fourth-order valence-corrected chi connectivity index (χ4v) is 3.41. The molecule has 3 N–H and O–H groups in total. The second-order valence-corrected chi connectivity index (χ2v) is 7.70. The van der Waals surface area contributed by atoms with Gasteiger partial charge >= 0.3 is 0 Å². The lowest BCUT2D eigenvalue weighted by atomic mass is 9.97. The van der Waals surface area contributed by atoms with Crippen LogP contribution in [0.25, 0.3) is 0 Å². The van der Waals surface area contributed by atoms with Crippen molar-refractivity contribution in [2.45, 2.75) is 45.9 Å². The van der Waals surface area contributed by atoms with Gasteiger partial charge in [-0.3, -0.25) is 9.59 Å². The zero-order valence-corrected chi connectivity index (χ0v) is 18.2. The molecule has 2 amide bonds. The van der Waals surface area contributed by atoms with Gasteiger partial charge < -0.3 is 16.0 Å². The molecule has 7 heteroatoms. The number of carbonyl (C=O) groups is 2. The summed E-state index contributed by atoms with van der Waals surface area (Å²) in [5.74, 6) is -0.434. The number of fused-ring (bicyclic) bond motifs is 1. The van der Waals surface area contributed by atoms with Crippen molar-refractivity contribution in [2.24, 2.45) is 5.92 Å². The Kier molecular flexibility index (Phi) is 8.50. The van der Waals surface area contributed by atoms with E-state index in [9.17, 15) is 9.59 Å². The van der Waals surface area contributed by atoms with Gasteiger partial charge in [0, 0.05) is 30.2 Å². The highest BCUT2D eigenvalue weighted by Crippen LogP contribution is 2.17. The van der Waals surface area contributed by atoms with Crippen LogP contribution in [0, 0.1) is 5.92 Å². The number of nitrogens with one attached hydrogen (secondary N) is 3. The molecule has 0 fully saturated rings. The lowest BCUT2D eigenvalue weighted by molar-refractivity contribution is -0.124. The Morgan fingerprint density at radius 2 is 1.79 bits per heavy atom. The molecular weight excluding hydrogens is 409 g/mol. The van der Waals surface area contributed by atoms with E-state index in [1.807, 2.05) is 19.9 Å². The Bertz CT molecular complexity index is 856. The van der Waals surface area contributed by atoms with E-state index in [1.165, 1.54) is 11.1 Å². The van der Waals surface area contributed by atoms with E-state index in [2.05, 4.69) is 28.1 Å². The number of rotatable bonds is 7. The molecule has 0 spiro atoms. The van der Waals surface area contributed by atoms with Gasteiger partial charge in [0.2, 0.25) is 5.91 Å². The van der Waals surface area contributed by atoms with Crippen LogP contribution in [-0.2, 0) is 24.4 Å². The molecule has 2 aromatic carbocycles. The number of amides is 2. The molecule has 5 nitrogen and oxygen atoms in total. The molecule has 2 unspecified atom stereocenters. The minimum atomic E-state index is -0.593. The first kappa shape index (κ1) is 23.2. The normalized spacial score (nSPS) is 14.3. The molecule has 0 aromatic heterocycles. The van der Waals surface area contributed by atoms with Crippen LogP contribution in [0.15, 0.2) is 42.5 Å². The molecule has 1 aliphatic rings.